The average molecular weight is 383 g/mol. The summed E-state index contributed by atoms with van der Waals surface area (Å²) >= 11 is 0. The zero-order valence-corrected chi connectivity index (χ0v) is 14.3. The van der Waals surface area contributed by atoms with Gasteiger partial charge in [0.2, 0.25) is 0 Å². The van der Waals surface area contributed by atoms with E-state index < -0.39 is 16.6 Å². The van der Waals surface area contributed by atoms with Gasteiger partial charge in [-0.05, 0) is 29.8 Å². The molecule has 3 rings (SSSR count). The molecule has 3 aromatic rings. The smallest absolute Gasteiger partial charge is 0.288 e. The molecular formula is C18H14FN5O4. The monoisotopic (exact) mass is 383 g/mol. The Hall–Kier alpha value is -4.08. The van der Waals surface area contributed by atoms with Gasteiger partial charge in [-0.1, -0.05) is 6.07 Å². The van der Waals surface area contributed by atoms with Crippen molar-refractivity contribution in [1.82, 2.24) is 9.97 Å². The highest BCUT2D eigenvalue weighted by Crippen LogP contribution is 2.25. The predicted octanol–water partition coefficient (Wildman–Crippen LogP) is 3.03. The molecule has 0 aliphatic rings. The third kappa shape index (κ3) is 4.36. The van der Waals surface area contributed by atoms with E-state index >= 15 is 0 Å². The highest BCUT2D eigenvalue weighted by atomic mass is 19.1. The number of primary amides is 1. The number of rotatable bonds is 7. The van der Waals surface area contributed by atoms with Crippen molar-refractivity contribution in [1.29, 1.82) is 0 Å². The van der Waals surface area contributed by atoms with E-state index in [1.165, 1.54) is 18.3 Å². The average Bonchev–Trinajstić information content (AvgIpc) is 2.68. The van der Waals surface area contributed by atoms with Crippen molar-refractivity contribution in [3.8, 4) is 11.5 Å². The number of nitrogens with one attached hydrogen (secondary N) is 1. The molecule has 9 nitrogen and oxygen atoms in total. The summed E-state index contributed by atoms with van der Waals surface area (Å²) in [6.45, 7) is 0.106. The normalized spacial score (nSPS) is 10.3. The highest BCUT2D eigenvalue weighted by Gasteiger charge is 2.16. The number of aromatic nitrogens is 2. The minimum absolute atomic E-state index is 0.0306. The number of ether oxygens (including phenoxy) is 1. The van der Waals surface area contributed by atoms with Crippen LogP contribution in [0.4, 0.5) is 15.9 Å². The van der Waals surface area contributed by atoms with Crippen molar-refractivity contribution in [2.75, 3.05) is 5.32 Å². The number of halogens is 1. The van der Waals surface area contributed by atoms with E-state index in [1.54, 1.807) is 24.4 Å². The van der Waals surface area contributed by atoms with Crippen LogP contribution >= 0.6 is 0 Å². The third-order valence-corrected chi connectivity index (χ3v) is 3.67. The molecular weight excluding hydrogens is 369 g/mol. The Morgan fingerprint density at radius 1 is 1.29 bits per heavy atom. The predicted molar refractivity (Wildman–Crippen MR) is 97.4 cm³/mol. The number of pyridine rings is 2. The maximum absolute atomic E-state index is 14.3. The first-order chi connectivity index (χ1) is 13.4. The molecule has 10 heteroatoms. The second-order valence-corrected chi connectivity index (χ2v) is 5.62. The number of anilines is 1. The summed E-state index contributed by atoms with van der Waals surface area (Å²) in [7, 11) is 0. The first-order valence-electron chi connectivity index (χ1n) is 7.98. The van der Waals surface area contributed by atoms with Gasteiger partial charge in [0.1, 0.15) is 17.8 Å². The fourth-order valence-electron chi connectivity index (χ4n) is 2.34. The van der Waals surface area contributed by atoms with Gasteiger partial charge in [-0.2, -0.15) is 0 Å². The van der Waals surface area contributed by atoms with Gasteiger partial charge < -0.3 is 15.8 Å². The van der Waals surface area contributed by atoms with Crippen LogP contribution in [0.25, 0.3) is 0 Å². The lowest BCUT2D eigenvalue weighted by Gasteiger charge is -2.11. The Balaban J connectivity index is 1.74. The van der Waals surface area contributed by atoms with E-state index in [-0.39, 0.29) is 29.4 Å². The van der Waals surface area contributed by atoms with Crippen LogP contribution in [0.15, 0.2) is 55.0 Å². The molecule has 0 aliphatic carbocycles. The van der Waals surface area contributed by atoms with Crippen LogP contribution in [0.2, 0.25) is 0 Å². The SMILES string of the molecule is NC(=O)c1cc([N+](=O)[O-])cnc1NCc1ccc(Oc2cccnc2)c(F)c1. The lowest BCUT2D eigenvalue weighted by atomic mass is 10.2. The number of hydrogen-bond donors (Lipinski definition) is 2. The Morgan fingerprint density at radius 2 is 2.11 bits per heavy atom. The number of amides is 1. The molecule has 0 spiro atoms. The van der Waals surface area contributed by atoms with Crippen LogP contribution in [-0.4, -0.2) is 20.8 Å². The summed E-state index contributed by atoms with van der Waals surface area (Å²) in [6.07, 6.45) is 4.03. The van der Waals surface area contributed by atoms with Gasteiger partial charge in [-0.25, -0.2) is 9.37 Å². The Morgan fingerprint density at radius 3 is 2.75 bits per heavy atom. The topological polar surface area (TPSA) is 133 Å². The van der Waals surface area contributed by atoms with Crippen molar-refractivity contribution in [2.45, 2.75) is 6.54 Å². The molecule has 1 aromatic carbocycles. The molecule has 28 heavy (non-hydrogen) atoms. The van der Waals surface area contributed by atoms with Gasteiger partial charge in [0, 0.05) is 18.8 Å². The molecule has 0 saturated heterocycles. The second kappa shape index (κ2) is 8.08. The third-order valence-electron chi connectivity index (χ3n) is 3.67. The minimum atomic E-state index is -0.870. The summed E-state index contributed by atoms with van der Waals surface area (Å²) in [5.74, 6) is -0.967. The molecule has 2 aromatic heterocycles. The Bertz CT molecular complexity index is 1030. The molecule has 142 valence electrons. The van der Waals surface area contributed by atoms with Gasteiger partial charge in [0.15, 0.2) is 11.6 Å². The van der Waals surface area contributed by atoms with E-state index in [2.05, 4.69) is 15.3 Å². The molecule has 2 heterocycles. The Kier molecular flexibility index (Phi) is 5.40. The van der Waals surface area contributed by atoms with E-state index in [9.17, 15) is 19.3 Å². The van der Waals surface area contributed by atoms with Gasteiger partial charge in [0.05, 0.1) is 16.7 Å². The van der Waals surface area contributed by atoms with Crippen LogP contribution in [0.5, 0.6) is 11.5 Å². The summed E-state index contributed by atoms with van der Waals surface area (Å²) in [5, 5.41) is 13.6. The second-order valence-electron chi connectivity index (χ2n) is 5.62. The van der Waals surface area contributed by atoms with Gasteiger partial charge in [0.25, 0.3) is 11.6 Å². The van der Waals surface area contributed by atoms with Crippen molar-refractivity contribution >= 4 is 17.4 Å². The molecule has 0 radical (unpaired) electrons. The molecule has 0 saturated carbocycles. The van der Waals surface area contributed by atoms with E-state index in [1.807, 2.05) is 0 Å². The minimum Gasteiger partial charge on any atom is -0.453 e. The summed E-state index contributed by atoms with van der Waals surface area (Å²) in [5.41, 5.74) is 5.29. The number of nitrogens with zero attached hydrogens (tertiary/aromatic N) is 3. The van der Waals surface area contributed by atoms with Gasteiger partial charge in [-0.3, -0.25) is 19.9 Å². The van der Waals surface area contributed by atoms with Gasteiger partial charge >= 0.3 is 0 Å². The fourth-order valence-corrected chi connectivity index (χ4v) is 2.34. The zero-order chi connectivity index (χ0) is 20.1. The summed E-state index contributed by atoms with van der Waals surface area (Å²) < 4.78 is 19.7. The van der Waals surface area contributed by atoms with Crippen molar-refractivity contribution in [3.63, 3.8) is 0 Å². The van der Waals surface area contributed by atoms with Crippen LogP contribution in [0, 0.1) is 15.9 Å². The lowest BCUT2D eigenvalue weighted by molar-refractivity contribution is -0.385. The number of nitrogens with two attached hydrogens (primary N) is 1. The largest absolute Gasteiger partial charge is 0.453 e. The lowest BCUT2D eigenvalue weighted by Crippen LogP contribution is -2.16. The summed E-state index contributed by atoms with van der Waals surface area (Å²) in [4.78, 5) is 29.4. The van der Waals surface area contributed by atoms with Crippen LogP contribution in [0.1, 0.15) is 15.9 Å². The van der Waals surface area contributed by atoms with E-state index in [0.29, 0.717) is 11.3 Å². The van der Waals surface area contributed by atoms with Crippen LogP contribution in [-0.2, 0) is 6.54 Å². The molecule has 3 N–H and O–H groups in total. The van der Waals surface area contributed by atoms with Crippen molar-refractivity contribution in [3.05, 3.63) is 82.0 Å². The highest BCUT2D eigenvalue weighted by molar-refractivity contribution is 5.98. The molecule has 0 bridgehead atoms. The van der Waals surface area contributed by atoms with Crippen LogP contribution in [0.3, 0.4) is 0 Å². The molecule has 0 fully saturated rings. The molecule has 0 unspecified atom stereocenters. The maximum atomic E-state index is 14.3. The number of carbonyl (C=O) groups excluding carboxylic acids is 1. The quantitative estimate of drug-likeness (QED) is 0.473. The number of hydrogen-bond acceptors (Lipinski definition) is 7. The van der Waals surface area contributed by atoms with Crippen LogP contribution < -0.4 is 15.8 Å². The zero-order valence-electron chi connectivity index (χ0n) is 14.3. The first kappa shape index (κ1) is 18.7. The fraction of sp³-hybridized carbons (Fsp3) is 0.0556. The van der Waals surface area contributed by atoms with Gasteiger partial charge in [-0.15, -0.1) is 0 Å². The standard InChI is InChI=1S/C18H14FN5O4/c19-15-6-11(3-4-16(15)28-13-2-1-5-21-10-13)8-22-18-14(17(20)25)7-12(9-23-18)24(26)27/h1-7,9-10H,8H2,(H2,20,25)(H,22,23). The van der Waals surface area contributed by atoms with E-state index in [4.69, 9.17) is 10.5 Å². The Labute approximate surface area is 158 Å². The molecule has 0 atom stereocenters. The maximum Gasteiger partial charge on any atom is 0.288 e. The summed E-state index contributed by atoms with van der Waals surface area (Å²) in [6, 6.07) is 8.68. The number of benzene rings is 1. The van der Waals surface area contributed by atoms with E-state index in [0.717, 1.165) is 12.3 Å². The van der Waals surface area contributed by atoms with Crippen molar-refractivity contribution in [2.24, 2.45) is 5.73 Å². The molecule has 0 aliphatic heterocycles. The first-order valence-corrected chi connectivity index (χ1v) is 7.98. The van der Waals surface area contributed by atoms with Crippen molar-refractivity contribution < 1.29 is 18.8 Å². The number of carbonyl (C=O) groups is 1. The molecule has 1 amide bonds. The number of nitro groups is 1.